The van der Waals surface area contributed by atoms with Gasteiger partial charge in [0.15, 0.2) is 16.9 Å². The van der Waals surface area contributed by atoms with Gasteiger partial charge in [-0.15, -0.1) is 0 Å². The van der Waals surface area contributed by atoms with E-state index in [0.29, 0.717) is 17.9 Å². The lowest BCUT2D eigenvalue weighted by Gasteiger charge is -2.39. The Morgan fingerprint density at radius 1 is 0.924 bits per heavy atom. The number of anilines is 2. The van der Waals surface area contributed by atoms with Gasteiger partial charge in [0, 0.05) is 73.1 Å². The molecule has 0 radical (unpaired) electrons. The first-order chi connectivity index (χ1) is 37.5. The van der Waals surface area contributed by atoms with Crippen molar-refractivity contribution >= 4 is 104 Å². The van der Waals surface area contributed by atoms with E-state index in [9.17, 15) is 68.1 Å². The van der Waals surface area contributed by atoms with Gasteiger partial charge < -0.3 is 84.1 Å². The molecule has 5 heterocycles. The number of allylic oxidation sites excluding steroid dienone is 2. The van der Waals surface area contributed by atoms with Crippen LogP contribution in [0.1, 0.15) is 42.2 Å². The third-order valence-corrected chi connectivity index (χ3v) is 15.5. The predicted octanol–water partition coefficient (Wildman–Crippen LogP) is -3.78. The molecule has 7 rings (SSSR count). The van der Waals surface area contributed by atoms with E-state index in [-0.39, 0.29) is 88.5 Å². The van der Waals surface area contributed by atoms with Crippen molar-refractivity contribution in [1.82, 2.24) is 56.7 Å². The first-order valence-corrected chi connectivity index (χ1v) is 26.5. The number of benzene rings is 1. The summed E-state index contributed by atoms with van der Waals surface area (Å²) < 4.78 is 11.1. The summed E-state index contributed by atoms with van der Waals surface area (Å²) in [5, 5.41) is 47.5. The van der Waals surface area contributed by atoms with Gasteiger partial charge in [0.1, 0.15) is 30.8 Å². The summed E-state index contributed by atoms with van der Waals surface area (Å²) in [6.45, 7) is 1.26. The van der Waals surface area contributed by atoms with Crippen LogP contribution in [0.4, 0.5) is 16.4 Å². The summed E-state index contributed by atoms with van der Waals surface area (Å²) in [5.41, 5.74) is 16.5. The number of nitrogens with two attached hydrogens (primary N) is 3. The molecular weight excluding hydrogens is 1080 g/mol. The number of ketones is 2. The number of fused-ring (bicyclic) bond motifs is 5. The number of rotatable bonds is 28. The van der Waals surface area contributed by atoms with Gasteiger partial charge >= 0.3 is 24.0 Å². The van der Waals surface area contributed by atoms with E-state index in [0.717, 1.165) is 21.6 Å². The molecule has 0 spiro atoms. The Morgan fingerprint density at radius 3 is 2.30 bits per heavy atom. The molecule has 31 nitrogen and oxygen atoms in total. The number of aromatic amines is 1. The highest BCUT2D eigenvalue weighted by molar-refractivity contribution is 8.76. The van der Waals surface area contributed by atoms with Crippen LogP contribution in [0.15, 0.2) is 57.8 Å². The molecule has 2 saturated heterocycles. The lowest BCUT2D eigenvalue weighted by Crippen LogP contribution is -2.57. The van der Waals surface area contributed by atoms with Crippen LogP contribution in [-0.4, -0.2) is 186 Å². The van der Waals surface area contributed by atoms with Gasteiger partial charge in [0.2, 0.25) is 35.2 Å². The van der Waals surface area contributed by atoms with Crippen molar-refractivity contribution in [3.8, 4) is 0 Å². The number of aliphatic carboxylic acids is 3. The third-order valence-electron chi connectivity index (χ3n) is 13.1. The largest absolute Gasteiger partial charge is 0.481 e. The summed E-state index contributed by atoms with van der Waals surface area (Å²) in [6, 6.07) is -0.832. The second-order valence-corrected chi connectivity index (χ2v) is 20.9. The molecular formula is C46H55N15O16S2. The zero-order valence-electron chi connectivity index (χ0n) is 42.0. The number of ether oxygens (including phenoxy) is 2. The maximum absolute atomic E-state index is 14.0. The molecule has 8 atom stereocenters. The number of Topliss-reactive ketones (excluding diaryl/α,β-unsaturated/α-hetero) is 2. The van der Waals surface area contributed by atoms with Crippen molar-refractivity contribution in [2.24, 2.45) is 17.4 Å². The number of hydrogen-bond acceptors (Lipinski definition) is 24. The number of nitrogen functional groups attached to an aromatic ring is 1. The number of methoxy groups -OCH3 is 1. The number of carboxylic acids is 3. The van der Waals surface area contributed by atoms with Crippen LogP contribution >= 0.6 is 21.6 Å². The second kappa shape index (κ2) is 24.9. The molecule has 2 fully saturated rings. The summed E-state index contributed by atoms with van der Waals surface area (Å²) in [5.74, 6) is -10.2. The maximum Gasteiger partial charge on any atom is 0.404 e. The molecule has 3 aliphatic heterocycles. The molecule has 1 aliphatic carbocycles. The van der Waals surface area contributed by atoms with E-state index in [2.05, 4.69) is 57.2 Å². The molecule has 2 aromatic heterocycles. The van der Waals surface area contributed by atoms with Crippen LogP contribution in [-0.2, 0) is 54.4 Å². The van der Waals surface area contributed by atoms with Gasteiger partial charge in [0.05, 0.1) is 48.2 Å². The molecule has 1 unspecified atom stereocenters. The van der Waals surface area contributed by atoms with Gasteiger partial charge in [-0.3, -0.25) is 43.3 Å². The highest BCUT2D eigenvalue weighted by Gasteiger charge is 2.72. The van der Waals surface area contributed by atoms with Crippen LogP contribution < -0.4 is 60.0 Å². The third kappa shape index (κ3) is 13.3. The number of H-pyrrole nitrogens is 1. The fraction of sp³-hybridized carbons (Fsp3) is 0.435. The molecule has 422 valence electrons. The van der Waals surface area contributed by atoms with Crippen LogP contribution in [0.3, 0.4) is 0 Å². The van der Waals surface area contributed by atoms with Crippen LogP contribution in [0.2, 0.25) is 0 Å². The predicted molar refractivity (Wildman–Crippen MR) is 278 cm³/mol. The van der Waals surface area contributed by atoms with E-state index in [1.807, 2.05) is 0 Å². The molecule has 5 amide bonds. The van der Waals surface area contributed by atoms with Gasteiger partial charge in [-0.05, 0) is 37.6 Å². The van der Waals surface area contributed by atoms with E-state index in [4.69, 9.17) is 26.7 Å². The lowest BCUT2D eigenvalue weighted by molar-refractivity contribution is -0.143. The van der Waals surface area contributed by atoms with E-state index in [1.54, 1.807) is 4.90 Å². The minimum atomic E-state index is -1.82. The SMILES string of the molecule is CO[C@@]12[C@H](COC(N)=O)C3=C(C(=O)C(C)=C(NCCSSC[C@@H](NC(=O)[C@@H](CC(=O)O)NC(=O)[C@H](N)CNC(=O)CC[C@@H](NC(=O)c4ccc(NCc5cnc6nc(N)[nH]c(=O)c6n5)cc4)C(=O)O)C(=O)O)C3=O)N1CC1N[C@@H]12. The van der Waals surface area contributed by atoms with Crippen LogP contribution in [0.25, 0.3) is 11.2 Å². The number of hydrogen-bond donors (Lipinski definition) is 14. The molecule has 3 aromatic rings. The molecule has 4 aliphatic rings. The fourth-order valence-corrected chi connectivity index (χ4v) is 11.2. The zero-order valence-corrected chi connectivity index (χ0v) is 43.6. The number of amides is 5. The smallest absolute Gasteiger partial charge is 0.404 e. The minimum absolute atomic E-state index is 0.00687. The maximum atomic E-state index is 14.0. The summed E-state index contributed by atoms with van der Waals surface area (Å²) >= 11 is 0. The summed E-state index contributed by atoms with van der Waals surface area (Å²) in [4.78, 5) is 156. The van der Waals surface area contributed by atoms with Gasteiger partial charge in [-0.1, -0.05) is 21.6 Å². The molecule has 0 saturated carbocycles. The molecule has 1 aromatic carbocycles. The van der Waals surface area contributed by atoms with Crippen LogP contribution in [0.5, 0.6) is 0 Å². The summed E-state index contributed by atoms with van der Waals surface area (Å²) in [6.07, 6.45) is -1.50. The Kier molecular flexibility index (Phi) is 18.4. The average Bonchev–Trinajstić information content (AvgIpc) is 3.78. The second-order valence-electron chi connectivity index (χ2n) is 18.2. The van der Waals surface area contributed by atoms with Crippen molar-refractivity contribution in [1.29, 1.82) is 0 Å². The van der Waals surface area contributed by atoms with E-state index < -0.39 is 126 Å². The number of carboxylic acid groups (broad SMARTS) is 3. The van der Waals surface area contributed by atoms with Crippen LogP contribution in [0, 0.1) is 5.92 Å². The van der Waals surface area contributed by atoms with Crippen molar-refractivity contribution in [3.05, 3.63) is 74.6 Å². The molecule has 33 heteroatoms. The van der Waals surface area contributed by atoms with Crippen molar-refractivity contribution in [2.75, 3.05) is 55.9 Å². The Hall–Kier alpha value is -8.40. The van der Waals surface area contributed by atoms with E-state index in [1.165, 1.54) is 44.5 Å². The normalized spacial score (nSPS) is 20.4. The fourth-order valence-electron chi connectivity index (χ4n) is 9.17. The molecule has 79 heavy (non-hydrogen) atoms. The van der Waals surface area contributed by atoms with Crippen molar-refractivity contribution in [3.63, 3.8) is 0 Å². The lowest BCUT2D eigenvalue weighted by atomic mass is 9.82. The number of carbonyl (C=O) groups is 10. The number of nitrogens with one attached hydrogen (secondary N) is 8. The number of carbonyl (C=O) groups excluding carboxylic acids is 7. The van der Waals surface area contributed by atoms with Gasteiger partial charge in [-0.2, -0.15) is 4.98 Å². The zero-order chi connectivity index (χ0) is 57.5. The van der Waals surface area contributed by atoms with E-state index >= 15 is 0 Å². The number of primary amides is 1. The molecule has 0 bridgehead atoms. The summed E-state index contributed by atoms with van der Waals surface area (Å²) in [7, 11) is 3.60. The van der Waals surface area contributed by atoms with Gasteiger partial charge in [0.25, 0.3) is 11.5 Å². The average molecular weight is 1140 g/mol. The topological polar surface area (TPSA) is 497 Å². The first kappa shape index (κ1) is 58.3. The Morgan fingerprint density at radius 2 is 1.63 bits per heavy atom. The van der Waals surface area contributed by atoms with Crippen molar-refractivity contribution in [2.45, 2.75) is 74.7 Å². The number of piperazine rings is 1. The first-order valence-electron chi connectivity index (χ1n) is 24.0. The minimum Gasteiger partial charge on any atom is -0.481 e. The Labute approximate surface area is 454 Å². The van der Waals surface area contributed by atoms with Crippen molar-refractivity contribution < 1.29 is 72.7 Å². The number of nitrogens with zero attached hydrogens (tertiary/aromatic N) is 4. The Bertz CT molecular complexity index is 3100. The monoisotopic (exact) mass is 1140 g/mol. The quantitative estimate of drug-likeness (QED) is 0.0144. The number of aromatic nitrogens is 4. The standard InChI is InChI=1S/C46H55N15O16S2/c1-18-31(35(66)30-22(16-77-45(49)75)46(76-2)36-26(55-36)15-61(46)33(30)34(18)65)50-9-10-78-79-17-27(43(73)74)58-40(69)25(11-29(63)64)57-39(68)23(47)14-52-28(62)8-7-24(42(71)72)56-38(67)19-3-5-20(6-4-19)51-12-21-13-53-37-32(54-21)41(70)60-44(48)59-37/h3-6,13,22-27,36,50-51,55H,7-12,14-17,47H2,1-2H3,(H2,49,75)(H,52,62)(H,56,67)(H,57,68)(H,58,69)(H,63,64)(H,71,72)(H,73,74)(H3,48,53,59,60,70)/t22-,23-,24-,25-,26?,27-,36+,46-/m1/s1. The van der Waals surface area contributed by atoms with Gasteiger partial charge in [-0.25, -0.2) is 24.4 Å². The molecule has 17 N–H and O–H groups in total. The highest BCUT2D eigenvalue weighted by atomic mass is 33.1. The highest BCUT2D eigenvalue weighted by Crippen LogP contribution is 2.55. The Balaban J connectivity index is 0.822.